The van der Waals surface area contributed by atoms with E-state index in [1.54, 1.807) is 0 Å². The van der Waals surface area contributed by atoms with Crippen LogP contribution in [0, 0.1) is 5.92 Å². The number of alkyl halides is 3. The molecule has 1 heterocycles. The van der Waals surface area contributed by atoms with E-state index in [-0.39, 0.29) is 12.0 Å². The van der Waals surface area contributed by atoms with Gasteiger partial charge in [-0.05, 0) is 25.2 Å². The van der Waals surface area contributed by atoms with Crippen molar-refractivity contribution in [2.45, 2.75) is 44.9 Å². The molecule has 2 atom stereocenters. The Hall–Kier alpha value is -1.53. The molecule has 1 aliphatic carbocycles. The monoisotopic (exact) mass is 275 g/mol. The van der Waals surface area contributed by atoms with Gasteiger partial charge in [0.1, 0.15) is 6.10 Å². The van der Waals surface area contributed by atoms with Gasteiger partial charge in [-0.3, -0.25) is 0 Å². The van der Waals surface area contributed by atoms with Crippen molar-refractivity contribution < 1.29 is 17.9 Å². The van der Waals surface area contributed by atoms with Crippen LogP contribution in [-0.2, 0) is 6.18 Å². The summed E-state index contributed by atoms with van der Waals surface area (Å²) in [5, 5.41) is 0. The molecule has 1 fully saturated rings. The summed E-state index contributed by atoms with van der Waals surface area (Å²) in [6.07, 6.45) is -0.677. The molecule has 19 heavy (non-hydrogen) atoms. The molecule has 1 aliphatic rings. The average molecular weight is 275 g/mol. The van der Waals surface area contributed by atoms with E-state index in [1.807, 2.05) is 6.92 Å². The molecule has 0 amide bonds. The van der Waals surface area contributed by atoms with Crippen LogP contribution in [0.4, 0.5) is 19.1 Å². The summed E-state index contributed by atoms with van der Waals surface area (Å²) in [6, 6.07) is 0.803. The van der Waals surface area contributed by atoms with E-state index in [0.29, 0.717) is 5.92 Å². The molecule has 0 bridgehead atoms. The van der Waals surface area contributed by atoms with Crippen molar-refractivity contribution in [2.24, 2.45) is 5.92 Å². The molecule has 0 radical (unpaired) electrons. The minimum absolute atomic E-state index is 0.0985. The standard InChI is InChI=1S/C12H16F3N3O/c1-7-4-2-3-5-8(7)19-10-6-9(12(13,14)15)17-11(16)18-10/h6-8H,2-5H2,1H3,(H2,16,17,18). The first-order valence-electron chi connectivity index (χ1n) is 6.24. The van der Waals surface area contributed by atoms with Crippen LogP contribution in [0.3, 0.4) is 0 Å². The first kappa shape index (κ1) is 13.9. The largest absolute Gasteiger partial charge is 0.474 e. The van der Waals surface area contributed by atoms with Gasteiger partial charge in [0.25, 0.3) is 0 Å². The predicted octanol–water partition coefficient (Wildman–Crippen LogP) is 3.04. The van der Waals surface area contributed by atoms with Gasteiger partial charge in [-0.1, -0.05) is 13.3 Å². The zero-order valence-corrected chi connectivity index (χ0v) is 10.6. The Morgan fingerprint density at radius 1 is 1.26 bits per heavy atom. The number of aromatic nitrogens is 2. The molecule has 1 aromatic rings. The van der Waals surface area contributed by atoms with Crippen molar-refractivity contribution in [3.8, 4) is 5.88 Å². The minimum atomic E-state index is -4.55. The molecular formula is C12H16F3N3O. The number of rotatable bonds is 2. The Morgan fingerprint density at radius 2 is 1.95 bits per heavy atom. The first-order chi connectivity index (χ1) is 8.86. The van der Waals surface area contributed by atoms with Crippen LogP contribution in [0.1, 0.15) is 38.3 Å². The van der Waals surface area contributed by atoms with Gasteiger partial charge in [-0.25, -0.2) is 4.98 Å². The number of nitrogens with two attached hydrogens (primary N) is 1. The highest BCUT2D eigenvalue weighted by Crippen LogP contribution is 2.32. The summed E-state index contributed by atoms with van der Waals surface area (Å²) >= 11 is 0. The molecule has 106 valence electrons. The van der Waals surface area contributed by atoms with E-state index in [1.165, 1.54) is 0 Å². The van der Waals surface area contributed by atoms with E-state index in [9.17, 15) is 13.2 Å². The third-order valence-electron chi connectivity index (χ3n) is 3.32. The summed E-state index contributed by atoms with van der Waals surface area (Å²) in [5.41, 5.74) is 4.22. The Bertz CT molecular complexity index is 450. The molecule has 4 nitrogen and oxygen atoms in total. The highest BCUT2D eigenvalue weighted by atomic mass is 19.4. The summed E-state index contributed by atoms with van der Waals surface area (Å²) < 4.78 is 43.4. The lowest BCUT2D eigenvalue weighted by Crippen LogP contribution is -2.29. The maximum atomic E-state index is 12.6. The van der Waals surface area contributed by atoms with Crippen LogP contribution in [0.25, 0.3) is 0 Å². The van der Waals surface area contributed by atoms with Crippen LogP contribution in [0.2, 0.25) is 0 Å². The Balaban J connectivity index is 2.18. The molecule has 2 N–H and O–H groups in total. The summed E-state index contributed by atoms with van der Waals surface area (Å²) in [4.78, 5) is 6.90. The van der Waals surface area contributed by atoms with Crippen molar-refractivity contribution in [1.82, 2.24) is 9.97 Å². The SMILES string of the molecule is CC1CCCCC1Oc1cc(C(F)(F)F)nc(N)n1. The first-order valence-corrected chi connectivity index (χ1v) is 6.24. The number of halogens is 3. The van der Waals surface area contributed by atoms with Crippen molar-refractivity contribution >= 4 is 5.95 Å². The number of hydrogen-bond acceptors (Lipinski definition) is 4. The smallest absolute Gasteiger partial charge is 0.433 e. The molecule has 2 unspecified atom stereocenters. The van der Waals surface area contributed by atoms with Gasteiger partial charge in [0, 0.05) is 6.07 Å². The number of ether oxygens (including phenoxy) is 1. The quantitative estimate of drug-likeness (QED) is 0.901. The highest BCUT2D eigenvalue weighted by Gasteiger charge is 2.34. The van der Waals surface area contributed by atoms with E-state index in [4.69, 9.17) is 10.5 Å². The van der Waals surface area contributed by atoms with Gasteiger partial charge < -0.3 is 10.5 Å². The van der Waals surface area contributed by atoms with Crippen molar-refractivity contribution in [2.75, 3.05) is 5.73 Å². The second-order valence-corrected chi connectivity index (χ2v) is 4.87. The maximum Gasteiger partial charge on any atom is 0.433 e. The molecular weight excluding hydrogens is 259 g/mol. The Morgan fingerprint density at radius 3 is 2.58 bits per heavy atom. The Kier molecular flexibility index (Phi) is 3.82. The maximum absolute atomic E-state index is 12.6. The lowest BCUT2D eigenvalue weighted by atomic mass is 9.88. The topological polar surface area (TPSA) is 61.0 Å². The molecule has 2 rings (SSSR count). The zero-order valence-electron chi connectivity index (χ0n) is 10.6. The minimum Gasteiger partial charge on any atom is -0.474 e. The third-order valence-corrected chi connectivity index (χ3v) is 3.32. The normalized spacial score (nSPS) is 24.2. The second kappa shape index (κ2) is 5.22. The van der Waals surface area contributed by atoms with Gasteiger partial charge in [0.2, 0.25) is 11.8 Å². The predicted molar refractivity (Wildman–Crippen MR) is 63.5 cm³/mol. The van der Waals surface area contributed by atoms with Gasteiger partial charge in [-0.2, -0.15) is 18.2 Å². The molecule has 0 spiro atoms. The summed E-state index contributed by atoms with van der Waals surface area (Å²) in [6.45, 7) is 2.03. The van der Waals surface area contributed by atoms with Gasteiger partial charge in [-0.15, -0.1) is 0 Å². The summed E-state index contributed by atoms with van der Waals surface area (Å²) in [5.74, 6) is -0.217. The molecule has 0 aliphatic heterocycles. The van der Waals surface area contributed by atoms with E-state index >= 15 is 0 Å². The molecule has 7 heteroatoms. The fourth-order valence-electron chi connectivity index (χ4n) is 2.26. The molecule has 1 saturated carbocycles. The average Bonchev–Trinajstić information content (AvgIpc) is 2.30. The van der Waals surface area contributed by atoms with E-state index in [2.05, 4.69) is 9.97 Å². The van der Waals surface area contributed by atoms with Crippen LogP contribution >= 0.6 is 0 Å². The van der Waals surface area contributed by atoms with Crippen molar-refractivity contribution in [1.29, 1.82) is 0 Å². The van der Waals surface area contributed by atoms with Crippen LogP contribution in [0.5, 0.6) is 5.88 Å². The lowest BCUT2D eigenvalue weighted by Gasteiger charge is -2.28. The van der Waals surface area contributed by atoms with Gasteiger partial charge in [0.05, 0.1) is 0 Å². The van der Waals surface area contributed by atoms with Crippen LogP contribution < -0.4 is 10.5 Å². The second-order valence-electron chi connectivity index (χ2n) is 4.87. The molecule has 1 aromatic heterocycles. The summed E-state index contributed by atoms with van der Waals surface area (Å²) in [7, 11) is 0. The third kappa shape index (κ3) is 3.48. The highest BCUT2D eigenvalue weighted by molar-refractivity contribution is 5.27. The number of nitrogen functional groups attached to an aromatic ring is 1. The number of nitrogens with zero attached hydrogens (tertiary/aromatic N) is 2. The molecule has 0 aromatic carbocycles. The van der Waals surface area contributed by atoms with E-state index < -0.39 is 17.8 Å². The van der Waals surface area contributed by atoms with Crippen LogP contribution in [-0.4, -0.2) is 16.1 Å². The van der Waals surface area contributed by atoms with Gasteiger partial charge in [0.15, 0.2) is 5.69 Å². The van der Waals surface area contributed by atoms with Crippen LogP contribution in [0.15, 0.2) is 6.07 Å². The number of hydrogen-bond donors (Lipinski definition) is 1. The number of anilines is 1. The van der Waals surface area contributed by atoms with Crippen molar-refractivity contribution in [3.63, 3.8) is 0 Å². The Labute approximate surface area is 109 Å². The van der Waals surface area contributed by atoms with E-state index in [0.717, 1.165) is 31.7 Å². The fourth-order valence-corrected chi connectivity index (χ4v) is 2.26. The van der Waals surface area contributed by atoms with Crippen molar-refractivity contribution in [3.05, 3.63) is 11.8 Å². The molecule has 0 saturated heterocycles. The zero-order chi connectivity index (χ0) is 14.0. The lowest BCUT2D eigenvalue weighted by molar-refractivity contribution is -0.141. The van der Waals surface area contributed by atoms with Gasteiger partial charge >= 0.3 is 6.18 Å². The fraction of sp³-hybridized carbons (Fsp3) is 0.667.